The molecule has 0 saturated carbocycles. The lowest BCUT2D eigenvalue weighted by molar-refractivity contribution is 0.323. The lowest BCUT2D eigenvalue weighted by Crippen LogP contribution is -2.60. The normalized spacial score (nSPS) is 15.2. The molecule has 104 valence electrons. The molecule has 0 rings (SSSR count). The van der Waals surface area contributed by atoms with Crippen LogP contribution in [0.2, 0.25) is 15.1 Å². The summed E-state index contributed by atoms with van der Waals surface area (Å²) >= 11 is 0. The Morgan fingerprint density at radius 1 is 0.647 bits per heavy atom. The average Bonchev–Trinajstić information content (AvgIpc) is 2.27. The first kappa shape index (κ1) is 17.2. The van der Waals surface area contributed by atoms with Crippen LogP contribution in [0, 0.1) is 0 Å². The van der Waals surface area contributed by atoms with E-state index in [0.29, 0.717) is 0 Å². The third kappa shape index (κ3) is 2.48. The van der Waals surface area contributed by atoms with Crippen molar-refractivity contribution in [3.8, 4) is 0 Å². The summed E-state index contributed by atoms with van der Waals surface area (Å²) in [6, 6.07) is 0. The molecule has 0 spiro atoms. The molecule has 0 atom stereocenters. The molecular formula is C15H34OSi. The van der Waals surface area contributed by atoms with Gasteiger partial charge in [-0.1, -0.05) is 81.6 Å². The van der Waals surface area contributed by atoms with Crippen molar-refractivity contribution in [2.24, 2.45) is 0 Å². The summed E-state index contributed by atoms with van der Waals surface area (Å²) in [6.45, 7) is 20.3. The van der Waals surface area contributed by atoms with Crippen molar-refractivity contribution >= 4 is 8.32 Å². The maximum absolute atomic E-state index is 11.7. The number of rotatable bonds is 6. The molecule has 0 bridgehead atoms. The van der Waals surface area contributed by atoms with Gasteiger partial charge in [0.15, 0.2) is 0 Å². The lowest BCUT2D eigenvalue weighted by Gasteiger charge is -2.57. The van der Waals surface area contributed by atoms with Gasteiger partial charge in [0.05, 0.1) is 0 Å². The van der Waals surface area contributed by atoms with Gasteiger partial charge in [-0.3, -0.25) is 0 Å². The second-order valence-electron chi connectivity index (χ2n) is 7.42. The highest BCUT2D eigenvalue weighted by Crippen LogP contribution is 2.64. The lowest BCUT2D eigenvalue weighted by atomic mass is 10.1. The van der Waals surface area contributed by atoms with Gasteiger partial charge >= 0.3 is 0 Å². The van der Waals surface area contributed by atoms with Crippen molar-refractivity contribution in [2.75, 3.05) is 0 Å². The summed E-state index contributed by atoms with van der Waals surface area (Å²) < 4.78 is 0. The largest absolute Gasteiger partial charge is 0.430 e. The summed E-state index contributed by atoms with van der Waals surface area (Å²) in [7, 11) is -2.43. The van der Waals surface area contributed by atoms with Gasteiger partial charge in [-0.05, 0) is 15.1 Å². The fourth-order valence-corrected chi connectivity index (χ4v) is 10.5. The van der Waals surface area contributed by atoms with Crippen LogP contribution >= 0.6 is 0 Å². The molecule has 1 nitrogen and oxygen atoms in total. The maximum Gasteiger partial charge on any atom is 0.205 e. The maximum atomic E-state index is 11.7. The highest BCUT2D eigenvalue weighted by molar-refractivity contribution is 6.81. The molecule has 0 aliphatic carbocycles. The SMILES string of the molecule is CCC(C)(C)[Si](O)(C(C)(C)CC)C(C)(C)CC. The first-order valence-corrected chi connectivity index (χ1v) is 9.10. The summed E-state index contributed by atoms with van der Waals surface area (Å²) in [5.74, 6) is 0. The summed E-state index contributed by atoms with van der Waals surface area (Å²) in [4.78, 5) is 11.7. The zero-order valence-electron chi connectivity index (χ0n) is 13.6. The van der Waals surface area contributed by atoms with Crippen LogP contribution in [0.1, 0.15) is 81.6 Å². The minimum Gasteiger partial charge on any atom is -0.430 e. The van der Waals surface area contributed by atoms with Gasteiger partial charge in [0.2, 0.25) is 8.32 Å². The van der Waals surface area contributed by atoms with Crippen LogP contribution in [-0.2, 0) is 0 Å². The second kappa shape index (κ2) is 5.04. The Kier molecular flexibility index (Phi) is 5.10. The van der Waals surface area contributed by atoms with Crippen molar-refractivity contribution in [1.29, 1.82) is 0 Å². The third-order valence-corrected chi connectivity index (χ3v) is 12.5. The molecule has 0 aromatic heterocycles. The van der Waals surface area contributed by atoms with Crippen molar-refractivity contribution < 1.29 is 4.80 Å². The molecule has 0 aliphatic rings. The topological polar surface area (TPSA) is 20.2 Å². The zero-order chi connectivity index (χ0) is 14.1. The first-order chi connectivity index (χ1) is 7.43. The van der Waals surface area contributed by atoms with E-state index in [1.54, 1.807) is 0 Å². The quantitative estimate of drug-likeness (QED) is 0.624. The van der Waals surface area contributed by atoms with Gasteiger partial charge in [-0.2, -0.15) is 0 Å². The molecule has 0 aromatic rings. The summed E-state index contributed by atoms with van der Waals surface area (Å²) in [5.41, 5.74) is 0. The Bertz CT molecular complexity index is 213. The van der Waals surface area contributed by atoms with E-state index in [2.05, 4.69) is 62.3 Å². The molecule has 17 heavy (non-hydrogen) atoms. The molecule has 0 saturated heterocycles. The van der Waals surface area contributed by atoms with Crippen molar-refractivity contribution in [2.45, 2.75) is 96.7 Å². The molecule has 0 amide bonds. The molecule has 2 heteroatoms. The van der Waals surface area contributed by atoms with Crippen molar-refractivity contribution in [1.82, 2.24) is 0 Å². The average molecular weight is 259 g/mol. The van der Waals surface area contributed by atoms with Gasteiger partial charge in [-0.25, -0.2) is 0 Å². The van der Waals surface area contributed by atoms with Crippen LogP contribution in [-0.4, -0.2) is 13.1 Å². The Labute approximate surface area is 110 Å². The smallest absolute Gasteiger partial charge is 0.205 e. The molecule has 0 unspecified atom stereocenters. The monoisotopic (exact) mass is 258 g/mol. The van der Waals surface area contributed by atoms with Crippen LogP contribution in [0.15, 0.2) is 0 Å². The van der Waals surface area contributed by atoms with E-state index in [1.807, 2.05) is 0 Å². The van der Waals surface area contributed by atoms with E-state index in [9.17, 15) is 4.80 Å². The fraction of sp³-hybridized carbons (Fsp3) is 1.00. The van der Waals surface area contributed by atoms with E-state index >= 15 is 0 Å². The highest BCUT2D eigenvalue weighted by Gasteiger charge is 2.62. The molecular weight excluding hydrogens is 224 g/mol. The third-order valence-electron chi connectivity index (χ3n) is 5.59. The summed E-state index contributed by atoms with van der Waals surface area (Å²) in [5, 5.41) is 0.185. The van der Waals surface area contributed by atoms with E-state index < -0.39 is 8.32 Å². The fourth-order valence-electron chi connectivity index (χ4n) is 3.52. The van der Waals surface area contributed by atoms with Crippen LogP contribution < -0.4 is 0 Å². The molecule has 0 fully saturated rings. The Hall–Kier alpha value is 0.177. The molecule has 1 N–H and O–H groups in total. The van der Waals surface area contributed by atoms with Gasteiger partial charge in [0.25, 0.3) is 0 Å². The van der Waals surface area contributed by atoms with Crippen molar-refractivity contribution in [3.05, 3.63) is 0 Å². The highest BCUT2D eigenvalue weighted by atomic mass is 28.4. The van der Waals surface area contributed by atoms with E-state index in [-0.39, 0.29) is 15.1 Å². The Balaban J connectivity index is 5.88. The zero-order valence-corrected chi connectivity index (χ0v) is 14.6. The van der Waals surface area contributed by atoms with E-state index in [1.165, 1.54) is 0 Å². The van der Waals surface area contributed by atoms with Gasteiger partial charge in [0, 0.05) is 0 Å². The van der Waals surface area contributed by atoms with Crippen molar-refractivity contribution in [3.63, 3.8) is 0 Å². The van der Waals surface area contributed by atoms with Crippen LogP contribution in [0.5, 0.6) is 0 Å². The Morgan fingerprint density at radius 2 is 0.824 bits per heavy atom. The van der Waals surface area contributed by atoms with Gasteiger partial charge in [0.1, 0.15) is 0 Å². The van der Waals surface area contributed by atoms with Crippen LogP contribution in [0.3, 0.4) is 0 Å². The summed E-state index contributed by atoms with van der Waals surface area (Å²) in [6.07, 6.45) is 3.17. The second-order valence-corrected chi connectivity index (χ2v) is 12.9. The molecule has 0 heterocycles. The van der Waals surface area contributed by atoms with Gasteiger partial charge in [-0.15, -0.1) is 0 Å². The molecule has 0 radical (unpaired) electrons. The minimum absolute atomic E-state index is 0.0615. The first-order valence-electron chi connectivity index (χ1n) is 7.16. The standard InChI is InChI=1S/C15H34OSi/c1-10-13(4,5)17(16,14(6,7)11-2)15(8,9)12-3/h16H,10-12H2,1-9H3. The predicted molar refractivity (Wildman–Crippen MR) is 81.0 cm³/mol. The van der Waals surface area contributed by atoms with E-state index in [4.69, 9.17) is 0 Å². The Morgan fingerprint density at radius 3 is 0.941 bits per heavy atom. The number of hydrogen-bond acceptors (Lipinski definition) is 1. The van der Waals surface area contributed by atoms with Gasteiger partial charge < -0.3 is 4.80 Å². The molecule has 0 aromatic carbocycles. The van der Waals surface area contributed by atoms with E-state index in [0.717, 1.165) is 19.3 Å². The predicted octanol–water partition coefficient (Wildman–Crippen LogP) is 5.49. The minimum atomic E-state index is -2.43. The van der Waals surface area contributed by atoms with Crippen LogP contribution in [0.4, 0.5) is 0 Å². The number of hydrogen-bond donors (Lipinski definition) is 1. The van der Waals surface area contributed by atoms with Crippen LogP contribution in [0.25, 0.3) is 0 Å². The molecule has 0 aliphatic heterocycles.